The summed E-state index contributed by atoms with van der Waals surface area (Å²) in [6.07, 6.45) is 1.61. The molecule has 0 saturated carbocycles. The van der Waals surface area contributed by atoms with Gasteiger partial charge in [0.15, 0.2) is 5.25 Å². The molecule has 0 radical (unpaired) electrons. The van der Waals surface area contributed by atoms with Crippen LogP contribution in [0.15, 0.2) is 11.6 Å². The van der Waals surface area contributed by atoms with Gasteiger partial charge in [0.05, 0.1) is 11.6 Å². The number of hydrogen-bond acceptors (Lipinski definition) is 5. The summed E-state index contributed by atoms with van der Waals surface area (Å²) in [5.41, 5.74) is -0.794. The van der Waals surface area contributed by atoms with Crippen LogP contribution >= 0.6 is 11.3 Å². The van der Waals surface area contributed by atoms with Crippen molar-refractivity contribution in [2.75, 3.05) is 0 Å². The highest BCUT2D eigenvalue weighted by Crippen LogP contribution is 2.23. The van der Waals surface area contributed by atoms with Crippen LogP contribution in [-0.4, -0.2) is 18.7 Å². The van der Waals surface area contributed by atoms with E-state index in [2.05, 4.69) is 9.71 Å². The van der Waals surface area contributed by atoms with Gasteiger partial charge in [0.25, 0.3) is 0 Å². The van der Waals surface area contributed by atoms with E-state index in [0.29, 0.717) is 5.01 Å². The Bertz CT molecular complexity index is 485. The van der Waals surface area contributed by atoms with E-state index in [9.17, 15) is 8.42 Å². The van der Waals surface area contributed by atoms with E-state index >= 15 is 0 Å². The fourth-order valence-electron chi connectivity index (χ4n) is 1.09. The van der Waals surface area contributed by atoms with Crippen molar-refractivity contribution in [2.45, 2.75) is 31.6 Å². The molecule has 0 amide bonds. The Balaban J connectivity index is 2.95. The average Bonchev–Trinajstić information content (AvgIpc) is 2.68. The smallest absolute Gasteiger partial charge is 0.228 e. The minimum atomic E-state index is -3.64. The van der Waals surface area contributed by atoms with Gasteiger partial charge < -0.3 is 0 Å². The van der Waals surface area contributed by atoms with Crippen molar-refractivity contribution in [3.63, 3.8) is 0 Å². The first kappa shape index (κ1) is 13.1. The summed E-state index contributed by atoms with van der Waals surface area (Å²) < 4.78 is 25.9. The third kappa shape index (κ3) is 2.78. The minimum Gasteiger partial charge on any atom is -0.248 e. The molecule has 7 heteroatoms. The normalized spacial score (nSPS) is 14.4. The minimum absolute atomic E-state index is 0.668. The Morgan fingerprint density at radius 2 is 2.25 bits per heavy atom. The van der Waals surface area contributed by atoms with Crippen molar-refractivity contribution < 1.29 is 8.42 Å². The van der Waals surface area contributed by atoms with Crippen molar-refractivity contribution in [1.82, 2.24) is 9.71 Å². The number of hydrogen-bond donors (Lipinski definition) is 1. The summed E-state index contributed by atoms with van der Waals surface area (Å²) in [4.78, 5) is 4.07. The van der Waals surface area contributed by atoms with Gasteiger partial charge in [-0.05, 0) is 20.8 Å². The van der Waals surface area contributed by atoms with Gasteiger partial charge in [0.2, 0.25) is 10.0 Å². The zero-order valence-electron chi connectivity index (χ0n) is 9.26. The third-order valence-electron chi connectivity index (χ3n) is 2.01. The Kier molecular flexibility index (Phi) is 3.68. The van der Waals surface area contributed by atoms with Crippen LogP contribution in [-0.2, 0) is 15.6 Å². The summed E-state index contributed by atoms with van der Waals surface area (Å²) in [6, 6.07) is 1.71. The maximum absolute atomic E-state index is 11.7. The maximum atomic E-state index is 11.7. The lowest BCUT2D eigenvalue weighted by molar-refractivity contribution is 0.468. The Labute approximate surface area is 99.2 Å². The van der Waals surface area contributed by atoms with Crippen LogP contribution in [0.4, 0.5) is 0 Å². The number of nitrogens with zero attached hydrogens (tertiary/aromatic N) is 2. The molecule has 1 heterocycles. The molecule has 0 aliphatic rings. The van der Waals surface area contributed by atoms with Gasteiger partial charge in [-0.3, -0.25) is 0 Å². The summed E-state index contributed by atoms with van der Waals surface area (Å²) in [7, 11) is -3.64. The SMILES string of the molecule is CC(C#N)S(=O)(=O)NC(C)(C)c1nccs1. The zero-order valence-corrected chi connectivity index (χ0v) is 10.9. The van der Waals surface area contributed by atoms with Crippen molar-refractivity contribution in [3.8, 4) is 6.07 Å². The molecule has 0 saturated heterocycles. The standard InChI is InChI=1S/C9H13N3O2S2/c1-7(6-10)16(13,14)12-9(2,3)8-11-4-5-15-8/h4-5,7,12H,1-3H3. The lowest BCUT2D eigenvalue weighted by atomic mass is 10.1. The van der Waals surface area contributed by atoms with Crippen LogP contribution in [0.1, 0.15) is 25.8 Å². The molecule has 0 fully saturated rings. The molecule has 1 rings (SSSR count). The summed E-state index contributed by atoms with van der Waals surface area (Å²) >= 11 is 1.37. The highest BCUT2D eigenvalue weighted by Gasteiger charge is 2.32. The number of rotatable bonds is 4. The van der Waals surface area contributed by atoms with Crippen LogP contribution < -0.4 is 4.72 Å². The second-order valence-corrected chi connectivity index (χ2v) is 6.78. The fraction of sp³-hybridized carbons (Fsp3) is 0.556. The molecule has 88 valence electrons. The van der Waals surface area contributed by atoms with Gasteiger partial charge in [-0.1, -0.05) is 0 Å². The molecule has 0 bridgehead atoms. The number of thiazole rings is 1. The monoisotopic (exact) mass is 259 g/mol. The van der Waals surface area contributed by atoms with Crippen LogP contribution in [0.3, 0.4) is 0 Å². The first-order valence-corrected chi connectivity index (χ1v) is 7.04. The highest BCUT2D eigenvalue weighted by molar-refractivity contribution is 7.90. The topological polar surface area (TPSA) is 82.8 Å². The third-order valence-corrected chi connectivity index (χ3v) is 4.94. The molecule has 1 unspecified atom stereocenters. The van der Waals surface area contributed by atoms with Gasteiger partial charge in [-0.25, -0.2) is 18.1 Å². The quantitative estimate of drug-likeness (QED) is 0.881. The van der Waals surface area contributed by atoms with Gasteiger partial charge in [0, 0.05) is 11.6 Å². The Morgan fingerprint density at radius 1 is 1.62 bits per heavy atom. The lowest BCUT2D eigenvalue weighted by Gasteiger charge is -2.24. The predicted molar refractivity (Wildman–Crippen MR) is 62.3 cm³/mol. The fourth-order valence-corrected chi connectivity index (χ4v) is 3.00. The van der Waals surface area contributed by atoms with E-state index in [0.717, 1.165) is 0 Å². The second-order valence-electron chi connectivity index (χ2n) is 3.88. The van der Waals surface area contributed by atoms with Gasteiger partial charge in [-0.2, -0.15) is 5.26 Å². The molecule has 1 N–H and O–H groups in total. The Morgan fingerprint density at radius 3 is 2.69 bits per heavy atom. The zero-order chi connectivity index (χ0) is 12.4. The van der Waals surface area contributed by atoms with E-state index < -0.39 is 20.8 Å². The first-order chi connectivity index (χ1) is 7.29. The molecule has 5 nitrogen and oxygen atoms in total. The summed E-state index contributed by atoms with van der Waals surface area (Å²) in [6.45, 7) is 4.78. The first-order valence-electron chi connectivity index (χ1n) is 4.62. The molecule has 1 atom stereocenters. The molecule has 1 aromatic heterocycles. The molecule has 0 spiro atoms. The molecular formula is C9H13N3O2S2. The molecule has 0 aliphatic heterocycles. The van der Waals surface area contributed by atoms with Crippen LogP contribution in [0.5, 0.6) is 0 Å². The number of nitriles is 1. The van der Waals surface area contributed by atoms with E-state index in [1.807, 2.05) is 0 Å². The maximum Gasteiger partial charge on any atom is 0.228 e. The van der Waals surface area contributed by atoms with Crippen LogP contribution in [0.25, 0.3) is 0 Å². The van der Waals surface area contributed by atoms with E-state index in [-0.39, 0.29) is 0 Å². The average molecular weight is 259 g/mol. The molecule has 0 aromatic carbocycles. The van der Waals surface area contributed by atoms with Crippen LogP contribution in [0.2, 0.25) is 0 Å². The summed E-state index contributed by atoms with van der Waals surface area (Å²) in [5.74, 6) is 0. The second kappa shape index (κ2) is 4.49. The largest absolute Gasteiger partial charge is 0.248 e. The van der Waals surface area contributed by atoms with Gasteiger partial charge in [-0.15, -0.1) is 11.3 Å². The predicted octanol–water partition coefficient (Wildman–Crippen LogP) is 1.21. The number of aromatic nitrogens is 1. The molecule has 1 aromatic rings. The van der Waals surface area contributed by atoms with Crippen molar-refractivity contribution in [1.29, 1.82) is 5.26 Å². The molecule has 16 heavy (non-hydrogen) atoms. The van der Waals surface area contributed by atoms with Crippen LogP contribution in [0, 0.1) is 11.3 Å². The molecule has 0 aliphatic carbocycles. The van der Waals surface area contributed by atoms with E-state index in [1.54, 1.807) is 31.5 Å². The van der Waals surface area contributed by atoms with Crippen molar-refractivity contribution in [3.05, 3.63) is 16.6 Å². The number of sulfonamides is 1. The van der Waals surface area contributed by atoms with Gasteiger partial charge >= 0.3 is 0 Å². The van der Waals surface area contributed by atoms with Crippen molar-refractivity contribution in [2.24, 2.45) is 0 Å². The lowest BCUT2D eigenvalue weighted by Crippen LogP contribution is -2.44. The molecular weight excluding hydrogens is 246 g/mol. The Hall–Kier alpha value is -0.970. The summed E-state index contributed by atoms with van der Waals surface area (Å²) in [5, 5.41) is 9.98. The van der Waals surface area contributed by atoms with E-state index in [1.165, 1.54) is 18.3 Å². The number of nitrogens with one attached hydrogen (secondary N) is 1. The van der Waals surface area contributed by atoms with Crippen molar-refractivity contribution >= 4 is 21.4 Å². The highest BCUT2D eigenvalue weighted by atomic mass is 32.2. The van der Waals surface area contributed by atoms with E-state index in [4.69, 9.17) is 5.26 Å². The van der Waals surface area contributed by atoms with Gasteiger partial charge in [0.1, 0.15) is 5.01 Å².